The highest BCUT2D eigenvalue weighted by atomic mass is 32.1. The standard InChI is InChI=1S/C13H16N4OS/c19-13-16-15-12(10-5-2-1-3-6-10)17(13)14-9-11-7-4-8-18-11/h4,7-10H,1-3,5-6H2,(H,16,19)/b14-9+. The minimum absolute atomic E-state index is 0.454. The van der Waals surface area contributed by atoms with E-state index >= 15 is 0 Å². The second kappa shape index (κ2) is 5.52. The molecule has 0 unspecified atom stereocenters. The third-order valence-electron chi connectivity index (χ3n) is 3.49. The predicted octanol–water partition coefficient (Wildman–Crippen LogP) is 3.46. The Morgan fingerprint density at radius 3 is 3.00 bits per heavy atom. The Hall–Kier alpha value is -1.69. The maximum absolute atomic E-state index is 5.24. The minimum atomic E-state index is 0.454. The van der Waals surface area contributed by atoms with Crippen LogP contribution in [-0.4, -0.2) is 21.1 Å². The molecule has 1 saturated carbocycles. The van der Waals surface area contributed by atoms with Crippen LogP contribution in [0.2, 0.25) is 0 Å². The van der Waals surface area contributed by atoms with Gasteiger partial charge in [-0.3, -0.25) is 5.10 Å². The zero-order valence-corrected chi connectivity index (χ0v) is 11.4. The van der Waals surface area contributed by atoms with Crippen molar-refractivity contribution >= 4 is 18.4 Å². The second-order valence-electron chi connectivity index (χ2n) is 4.79. The lowest BCUT2D eigenvalue weighted by Gasteiger charge is -2.19. The molecule has 0 atom stereocenters. The summed E-state index contributed by atoms with van der Waals surface area (Å²) >= 11 is 5.24. The molecule has 2 aromatic rings. The lowest BCUT2D eigenvalue weighted by molar-refractivity contribution is 0.419. The minimum Gasteiger partial charge on any atom is -0.463 e. The van der Waals surface area contributed by atoms with Gasteiger partial charge in [-0.25, -0.2) is 0 Å². The van der Waals surface area contributed by atoms with E-state index in [2.05, 4.69) is 15.3 Å². The summed E-state index contributed by atoms with van der Waals surface area (Å²) in [6.07, 6.45) is 9.44. The van der Waals surface area contributed by atoms with Crippen LogP contribution in [0.5, 0.6) is 0 Å². The molecule has 1 aliphatic carbocycles. The molecular weight excluding hydrogens is 260 g/mol. The smallest absolute Gasteiger partial charge is 0.216 e. The van der Waals surface area contributed by atoms with Gasteiger partial charge in [0.1, 0.15) is 5.76 Å². The quantitative estimate of drug-likeness (QED) is 0.690. The van der Waals surface area contributed by atoms with E-state index < -0.39 is 0 Å². The summed E-state index contributed by atoms with van der Waals surface area (Å²) in [5.41, 5.74) is 0. The topological polar surface area (TPSA) is 59.1 Å². The van der Waals surface area contributed by atoms with E-state index in [1.807, 2.05) is 12.1 Å². The van der Waals surface area contributed by atoms with Gasteiger partial charge < -0.3 is 4.42 Å². The van der Waals surface area contributed by atoms with Crippen molar-refractivity contribution in [2.24, 2.45) is 5.10 Å². The molecule has 3 rings (SSSR count). The summed E-state index contributed by atoms with van der Waals surface area (Å²) < 4.78 is 7.48. The lowest BCUT2D eigenvalue weighted by atomic mass is 9.89. The predicted molar refractivity (Wildman–Crippen MR) is 74.9 cm³/mol. The molecule has 6 heteroatoms. The molecule has 100 valence electrons. The first-order valence-corrected chi connectivity index (χ1v) is 7.00. The van der Waals surface area contributed by atoms with Crippen LogP contribution < -0.4 is 0 Å². The third kappa shape index (κ3) is 2.68. The number of nitrogens with zero attached hydrogens (tertiary/aromatic N) is 3. The van der Waals surface area contributed by atoms with Crippen LogP contribution in [-0.2, 0) is 0 Å². The maximum atomic E-state index is 5.24. The first-order valence-electron chi connectivity index (χ1n) is 6.60. The lowest BCUT2D eigenvalue weighted by Crippen LogP contribution is -2.10. The summed E-state index contributed by atoms with van der Waals surface area (Å²) in [5, 5.41) is 11.6. The Kier molecular flexibility index (Phi) is 3.59. The summed E-state index contributed by atoms with van der Waals surface area (Å²) in [4.78, 5) is 0. The van der Waals surface area contributed by atoms with Gasteiger partial charge in [-0.2, -0.15) is 14.9 Å². The normalized spacial score (nSPS) is 17.3. The Labute approximate surface area is 116 Å². The van der Waals surface area contributed by atoms with Crippen LogP contribution >= 0.6 is 12.2 Å². The summed E-state index contributed by atoms with van der Waals surface area (Å²) in [5.74, 6) is 2.10. The van der Waals surface area contributed by atoms with E-state index in [0.29, 0.717) is 16.4 Å². The largest absolute Gasteiger partial charge is 0.463 e. The average Bonchev–Trinajstić information content (AvgIpc) is 3.07. The van der Waals surface area contributed by atoms with Crippen molar-refractivity contribution in [2.75, 3.05) is 0 Å². The highest BCUT2D eigenvalue weighted by molar-refractivity contribution is 7.71. The Bertz CT molecular complexity index is 605. The van der Waals surface area contributed by atoms with E-state index in [1.54, 1.807) is 17.2 Å². The van der Waals surface area contributed by atoms with Crippen molar-refractivity contribution in [3.05, 3.63) is 34.8 Å². The van der Waals surface area contributed by atoms with Crippen molar-refractivity contribution in [3.63, 3.8) is 0 Å². The molecule has 2 heterocycles. The fraction of sp³-hybridized carbons (Fsp3) is 0.462. The monoisotopic (exact) mass is 276 g/mol. The highest BCUT2D eigenvalue weighted by Crippen LogP contribution is 2.31. The van der Waals surface area contributed by atoms with Crippen molar-refractivity contribution < 1.29 is 4.42 Å². The van der Waals surface area contributed by atoms with Crippen LogP contribution in [0.1, 0.15) is 49.6 Å². The SMILES string of the molecule is S=c1[nH]nc(C2CCCCC2)n1/N=C/c1ccco1. The molecule has 1 aliphatic rings. The van der Waals surface area contributed by atoms with Gasteiger partial charge in [-0.15, -0.1) is 0 Å². The van der Waals surface area contributed by atoms with E-state index in [0.717, 1.165) is 18.7 Å². The van der Waals surface area contributed by atoms with Gasteiger partial charge in [0, 0.05) is 5.92 Å². The van der Waals surface area contributed by atoms with Gasteiger partial charge in [0.15, 0.2) is 5.82 Å². The molecule has 1 fully saturated rings. The van der Waals surface area contributed by atoms with Crippen LogP contribution in [0, 0.1) is 4.77 Å². The molecule has 1 N–H and O–H groups in total. The number of furan rings is 1. The molecule has 0 bridgehead atoms. The number of nitrogens with one attached hydrogen (secondary N) is 1. The molecular formula is C13H16N4OS. The van der Waals surface area contributed by atoms with Gasteiger partial charge >= 0.3 is 0 Å². The first kappa shape index (κ1) is 12.3. The van der Waals surface area contributed by atoms with E-state index in [-0.39, 0.29) is 0 Å². The Balaban J connectivity index is 1.88. The van der Waals surface area contributed by atoms with Crippen molar-refractivity contribution in [1.29, 1.82) is 0 Å². The molecule has 0 saturated heterocycles. The Morgan fingerprint density at radius 1 is 1.42 bits per heavy atom. The zero-order valence-electron chi connectivity index (χ0n) is 10.6. The van der Waals surface area contributed by atoms with Gasteiger partial charge in [0.25, 0.3) is 0 Å². The second-order valence-corrected chi connectivity index (χ2v) is 5.18. The summed E-state index contributed by atoms with van der Waals surface area (Å²) in [7, 11) is 0. The van der Waals surface area contributed by atoms with Crippen LogP contribution in [0.3, 0.4) is 0 Å². The van der Waals surface area contributed by atoms with E-state index in [4.69, 9.17) is 16.6 Å². The van der Waals surface area contributed by atoms with Crippen molar-refractivity contribution in [3.8, 4) is 0 Å². The number of hydrogen-bond donors (Lipinski definition) is 1. The Morgan fingerprint density at radius 2 is 2.26 bits per heavy atom. The molecule has 0 amide bonds. The fourth-order valence-electron chi connectivity index (χ4n) is 2.52. The first-order chi connectivity index (χ1) is 9.34. The third-order valence-corrected chi connectivity index (χ3v) is 3.75. The summed E-state index contributed by atoms with van der Waals surface area (Å²) in [6, 6.07) is 3.69. The number of aromatic nitrogens is 3. The van der Waals surface area contributed by atoms with Crippen LogP contribution in [0.4, 0.5) is 0 Å². The van der Waals surface area contributed by atoms with E-state index in [1.165, 1.54) is 19.3 Å². The molecule has 5 nitrogen and oxygen atoms in total. The van der Waals surface area contributed by atoms with Gasteiger partial charge in [0.05, 0.1) is 12.5 Å². The summed E-state index contributed by atoms with van der Waals surface area (Å²) in [6.45, 7) is 0. The fourth-order valence-corrected chi connectivity index (χ4v) is 2.71. The molecule has 0 aromatic carbocycles. The zero-order chi connectivity index (χ0) is 13.1. The molecule has 0 spiro atoms. The van der Waals surface area contributed by atoms with Crippen molar-refractivity contribution in [1.82, 2.24) is 14.9 Å². The van der Waals surface area contributed by atoms with Gasteiger partial charge in [-0.05, 0) is 37.2 Å². The van der Waals surface area contributed by atoms with Crippen LogP contribution in [0.15, 0.2) is 27.9 Å². The molecule has 19 heavy (non-hydrogen) atoms. The molecule has 0 radical (unpaired) electrons. The number of hydrogen-bond acceptors (Lipinski definition) is 4. The molecule has 2 aromatic heterocycles. The average molecular weight is 276 g/mol. The van der Waals surface area contributed by atoms with Gasteiger partial charge in [0.2, 0.25) is 4.77 Å². The number of H-pyrrole nitrogens is 1. The maximum Gasteiger partial charge on any atom is 0.216 e. The number of aromatic amines is 1. The van der Waals surface area contributed by atoms with Crippen molar-refractivity contribution in [2.45, 2.75) is 38.0 Å². The van der Waals surface area contributed by atoms with Gasteiger partial charge in [-0.1, -0.05) is 19.3 Å². The van der Waals surface area contributed by atoms with Crippen LogP contribution in [0.25, 0.3) is 0 Å². The molecule has 0 aliphatic heterocycles. The highest BCUT2D eigenvalue weighted by Gasteiger charge is 2.21. The number of rotatable bonds is 3. The van der Waals surface area contributed by atoms with E-state index in [9.17, 15) is 0 Å².